The van der Waals surface area contributed by atoms with Gasteiger partial charge in [0, 0.05) is 11.8 Å². The molecule has 2 nitrogen and oxygen atoms in total. The summed E-state index contributed by atoms with van der Waals surface area (Å²) in [5.74, 6) is 0.231. The fourth-order valence-electron chi connectivity index (χ4n) is 1.41. The summed E-state index contributed by atoms with van der Waals surface area (Å²) in [6.07, 6.45) is 1.36. The summed E-state index contributed by atoms with van der Waals surface area (Å²) < 4.78 is 1.14. The first-order chi connectivity index (χ1) is 6.68. The van der Waals surface area contributed by atoms with Crippen LogP contribution in [0.4, 0.5) is 0 Å². The molecule has 2 aromatic rings. The van der Waals surface area contributed by atoms with Gasteiger partial charge in [-0.05, 0) is 23.4 Å². The van der Waals surface area contributed by atoms with Crippen molar-refractivity contribution in [2.75, 3.05) is 0 Å². The van der Waals surface area contributed by atoms with E-state index in [4.69, 9.17) is 0 Å². The number of aliphatic hydroxyl groups excluding tert-OH is 1. The number of pyridine rings is 1. The van der Waals surface area contributed by atoms with Crippen LogP contribution in [0.1, 0.15) is 25.5 Å². The van der Waals surface area contributed by atoms with E-state index in [0.717, 1.165) is 15.8 Å². The Bertz CT molecular complexity index is 436. The fourth-order valence-corrected chi connectivity index (χ4v) is 2.20. The molecule has 0 saturated carbocycles. The highest BCUT2D eigenvalue weighted by molar-refractivity contribution is 7.17. The highest BCUT2D eigenvalue weighted by Crippen LogP contribution is 2.26. The number of thiophene rings is 1. The maximum absolute atomic E-state index is 9.86. The lowest BCUT2D eigenvalue weighted by Crippen LogP contribution is -2.05. The molecule has 2 rings (SSSR count). The first-order valence-corrected chi connectivity index (χ1v) is 5.57. The molecule has 0 amide bonds. The highest BCUT2D eigenvalue weighted by Gasteiger charge is 2.12. The Hall–Kier alpha value is -0.930. The second-order valence-corrected chi connectivity index (χ2v) is 4.71. The van der Waals surface area contributed by atoms with Crippen LogP contribution >= 0.6 is 11.3 Å². The largest absolute Gasteiger partial charge is 0.388 e. The number of rotatable bonds is 2. The van der Waals surface area contributed by atoms with Gasteiger partial charge in [0.25, 0.3) is 0 Å². The molecule has 0 aliphatic heterocycles. The van der Waals surface area contributed by atoms with Gasteiger partial charge in [0.15, 0.2) is 0 Å². The lowest BCUT2D eigenvalue weighted by atomic mass is 10.0. The normalized spacial score (nSPS) is 13.7. The van der Waals surface area contributed by atoms with E-state index in [1.54, 1.807) is 17.5 Å². The molecule has 0 aromatic carbocycles. The maximum atomic E-state index is 9.86. The van der Waals surface area contributed by atoms with E-state index in [-0.39, 0.29) is 5.92 Å². The second kappa shape index (κ2) is 3.67. The molecule has 1 atom stereocenters. The number of hydrogen-bond donors (Lipinski definition) is 1. The third-order valence-corrected chi connectivity index (χ3v) is 3.15. The van der Waals surface area contributed by atoms with E-state index in [1.807, 2.05) is 31.4 Å². The number of aromatic nitrogens is 1. The van der Waals surface area contributed by atoms with Crippen LogP contribution in [0.5, 0.6) is 0 Å². The van der Waals surface area contributed by atoms with E-state index in [9.17, 15) is 5.11 Å². The molecule has 1 unspecified atom stereocenters. The molecule has 2 aromatic heterocycles. The van der Waals surface area contributed by atoms with Gasteiger partial charge in [0.1, 0.15) is 0 Å². The van der Waals surface area contributed by atoms with Crippen LogP contribution in [-0.2, 0) is 0 Å². The Morgan fingerprint density at radius 3 is 2.93 bits per heavy atom. The van der Waals surface area contributed by atoms with Crippen LogP contribution in [0.2, 0.25) is 0 Å². The van der Waals surface area contributed by atoms with Crippen LogP contribution in [0.25, 0.3) is 10.2 Å². The average molecular weight is 207 g/mol. The Morgan fingerprint density at radius 1 is 1.43 bits per heavy atom. The van der Waals surface area contributed by atoms with E-state index in [2.05, 4.69) is 4.98 Å². The zero-order valence-electron chi connectivity index (χ0n) is 8.27. The number of hydrogen-bond acceptors (Lipinski definition) is 3. The van der Waals surface area contributed by atoms with E-state index in [1.165, 1.54) is 0 Å². The van der Waals surface area contributed by atoms with E-state index < -0.39 is 6.10 Å². The molecule has 0 spiro atoms. The molecule has 74 valence electrons. The number of fused-ring (bicyclic) bond motifs is 1. The van der Waals surface area contributed by atoms with Crippen molar-refractivity contribution < 1.29 is 5.11 Å². The Morgan fingerprint density at radius 2 is 2.21 bits per heavy atom. The summed E-state index contributed by atoms with van der Waals surface area (Å²) in [5.41, 5.74) is 1.92. The second-order valence-electron chi connectivity index (χ2n) is 3.76. The standard InChI is InChI=1S/C11H13NOS/c1-7(2)11(13)8-5-10-9(12-6-8)3-4-14-10/h3-7,11,13H,1-2H3. The molecule has 0 fully saturated rings. The smallest absolute Gasteiger partial charge is 0.0828 e. The number of nitrogens with zero attached hydrogens (tertiary/aromatic N) is 1. The van der Waals surface area contributed by atoms with E-state index in [0.29, 0.717) is 0 Å². The minimum absolute atomic E-state index is 0.231. The molecular weight excluding hydrogens is 194 g/mol. The predicted octanol–water partition coefficient (Wildman–Crippen LogP) is 2.99. The van der Waals surface area contributed by atoms with Crippen molar-refractivity contribution in [3.63, 3.8) is 0 Å². The van der Waals surface area contributed by atoms with Gasteiger partial charge in [-0.25, -0.2) is 0 Å². The third-order valence-electron chi connectivity index (χ3n) is 2.30. The zero-order chi connectivity index (χ0) is 10.1. The van der Waals surface area contributed by atoms with Gasteiger partial charge in [0.05, 0.1) is 16.3 Å². The molecule has 0 saturated heterocycles. The summed E-state index contributed by atoms with van der Waals surface area (Å²) in [6.45, 7) is 4.01. The molecule has 0 bridgehead atoms. The first-order valence-electron chi connectivity index (χ1n) is 4.69. The molecule has 0 aliphatic rings. The van der Waals surface area contributed by atoms with Gasteiger partial charge in [-0.1, -0.05) is 13.8 Å². The SMILES string of the molecule is CC(C)C(O)c1cnc2ccsc2c1. The van der Waals surface area contributed by atoms with Gasteiger partial charge < -0.3 is 5.11 Å². The van der Waals surface area contributed by atoms with Gasteiger partial charge in [-0.3, -0.25) is 4.98 Å². The Labute approximate surface area is 87.2 Å². The van der Waals surface area contributed by atoms with Gasteiger partial charge in [-0.2, -0.15) is 0 Å². The van der Waals surface area contributed by atoms with Crippen molar-refractivity contribution in [3.8, 4) is 0 Å². The monoisotopic (exact) mass is 207 g/mol. The average Bonchev–Trinajstić information content (AvgIpc) is 2.62. The summed E-state index contributed by atoms with van der Waals surface area (Å²) in [7, 11) is 0. The molecule has 3 heteroatoms. The van der Waals surface area contributed by atoms with E-state index >= 15 is 0 Å². The Balaban J connectivity index is 2.43. The molecule has 1 N–H and O–H groups in total. The van der Waals surface area contributed by atoms with Crippen molar-refractivity contribution in [2.24, 2.45) is 5.92 Å². The van der Waals surface area contributed by atoms with Crippen LogP contribution in [0.3, 0.4) is 0 Å². The highest BCUT2D eigenvalue weighted by atomic mass is 32.1. The number of aliphatic hydroxyl groups is 1. The van der Waals surface area contributed by atoms with Crippen LogP contribution < -0.4 is 0 Å². The first kappa shape index (κ1) is 9.62. The fraction of sp³-hybridized carbons (Fsp3) is 0.364. The minimum Gasteiger partial charge on any atom is -0.388 e. The van der Waals surface area contributed by atoms with Gasteiger partial charge in [0.2, 0.25) is 0 Å². The van der Waals surface area contributed by atoms with Crippen molar-refractivity contribution in [2.45, 2.75) is 20.0 Å². The summed E-state index contributed by atoms with van der Waals surface area (Å²) in [6, 6.07) is 4.02. The van der Waals surface area contributed by atoms with Gasteiger partial charge >= 0.3 is 0 Å². The summed E-state index contributed by atoms with van der Waals surface area (Å²) in [4.78, 5) is 4.30. The lowest BCUT2D eigenvalue weighted by molar-refractivity contribution is 0.127. The van der Waals surface area contributed by atoms with Crippen LogP contribution in [0, 0.1) is 5.92 Å². The quantitative estimate of drug-likeness (QED) is 0.821. The maximum Gasteiger partial charge on any atom is 0.0828 e. The molecule has 0 radical (unpaired) electrons. The van der Waals surface area contributed by atoms with Crippen molar-refractivity contribution >= 4 is 21.6 Å². The molecule has 0 aliphatic carbocycles. The van der Waals surface area contributed by atoms with Crippen molar-refractivity contribution in [1.82, 2.24) is 4.98 Å². The molecule has 2 heterocycles. The van der Waals surface area contributed by atoms with Crippen molar-refractivity contribution in [1.29, 1.82) is 0 Å². The lowest BCUT2D eigenvalue weighted by Gasteiger charge is -2.13. The summed E-state index contributed by atoms with van der Waals surface area (Å²) >= 11 is 1.66. The van der Waals surface area contributed by atoms with Crippen LogP contribution in [0.15, 0.2) is 23.7 Å². The minimum atomic E-state index is -0.408. The van der Waals surface area contributed by atoms with Crippen molar-refractivity contribution in [3.05, 3.63) is 29.3 Å². The van der Waals surface area contributed by atoms with Gasteiger partial charge in [-0.15, -0.1) is 11.3 Å². The zero-order valence-corrected chi connectivity index (χ0v) is 9.08. The Kier molecular flexibility index (Phi) is 2.52. The third kappa shape index (κ3) is 1.65. The summed E-state index contributed by atoms with van der Waals surface area (Å²) in [5, 5.41) is 11.9. The molecule has 14 heavy (non-hydrogen) atoms. The molecular formula is C11H13NOS. The van der Waals surface area contributed by atoms with Crippen LogP contribution in [-0.4, -0.2) is 10.1 Å². The topological polar surface area (TPSA) is 33.1 Å². The predicted molar refractivity (Wildman–Crippen MR) is 59.4 cm³/mol.